The van der Waals surface area contributed by atoms with Crippen molar-refractivity contribution >= 4 is 27.8 Å². The fourth-order valence-corrected chi connectivity index (χ4v) is 4.12. The maximum absolute atomic E-state index is 13.3. The summed E-state index contributed by atoms with van der Waals surface area (Å²) in [5, 5.41) is 13.7. The Morgan fingerprint density at radius 1 is 1.21 bits per heavy atom. The number of esters is 1. The minimum atomic E-state index is -5.04. The number of amides is 1. The van der Waals surface area contributed by atoms with Crippen LogP contribution in [0.4, 0.5) is 23.7 Å². The molecule has 1 N–H and O–H groups in total. The molecule has 0 spiro atoms. The highest BCUT2D eigenvalue weighted by molar-refractivity contribution is 7.89. The van der Waals surface area contributed by atoms with Gasteiger partial charge in [0.05, 0.1) is 18.1 Å². The fourth-order valence-electron chi connectivity index (χ4n) is 2.62. The Hall–Kier alpha value is -3.64. The lowest BCUT2D eigenvalue weighted by molar-refractivity contribution is -0.387. The molecule has 0 fully saturated rings. The second-order valence-corrected chi connectivity index (χ2v) is 10.4. The summed E-state index contributed by atoms with van der Waals surface area (Å²) < 4.78 is 76.7. The topological polar surface area (TPSA) is 145 Å². The molecule has 1 aromatic rings. The van der Waals surface area contributed by atoms with Gasteiger partial charge in [-0.3, -0.25) is 10.1 Å². The summed E-state index contributed by atoms with van der Waals surface area (Å²) in [5.74, 6) is 2.49. The number of carbonyl (C=O) groups excluding carboxylic acids is 2. The Morgan fingerprint density at radius 3 is 2.39 bits per heavy atom. The van der Waals surface area contributed by atoms with E-state index in [1.807, 2.05) is 5.92 Å². The van der Waals surface area contributed by atoms with Crippen LogP contribution in [0.3, 0.4) is 0 Å². The van der Waals surface area contributed by atoms with Crippen LogP contribution in [-0.4, -0.2) is 67.7 Å². The molecule has 1 aromatic carbocycles. The molecule has 0 unspecified atom stereocenters. The van der Waals surface area contributed by atoms with Crippen molar-refractivity contribution in [3.05, 3.63) is 46.0 Å². The third-order valence-electron chi connectivity index (χ3n) is 4.20. The van der Waals surface area contributed by atoms with Crippen molar-refractivity contribution in [1.82, 2.24) is 9.62 Å². The molecule has 38 heavy (non-hydrogen) atoms. The molecule has 0 bridgehead atoms. The van der Waals surface area contributed by atoms with Crippen LogP contribution >= 0.6 is 0 Å². The standard InChI is InChI=1S/C23H28F3N3O8S/c1-5-15-36-20(30)16-17(23(24,25)26)9-8-13-28(14-12-27-21(31)37-22(2,3)4)38(34,35)19-11-7-6-10-18(19)29(32)33/h6-7,10-11,16H,5,12-15H2,1-4H3,(H,27,31). The summed E-state index contributed by atoms with van der Waals surface area (Å²) in [7, 11) is -4.67. The van der Waals surface area contributed by atoms with Crippen molar-refractivity contribution in [3.8, 4) is 11.8 Å². The molecule has 0 heterocycles. The van der Waals surface area contributed by atoms with Crippen molar-refractivity contribution in [1.29, 1.82) is 0 Å². The maximum atomic E-state index is 13.3. The van der Waals surface area contributed by atoms with Crippen molar-refractivity contribution in [3.63, 3.8) is 0 Å². The van der Waals surface area contributed by atoms with Crippen molar-refractivity contribution in [2.75, 3.05) is 26.2 Å². The van der Waals surface area contributed by atoms with Gasteiger partial charge in [-0.25, -0.2) is 18.0 Å². The summed E-state index contributed by atoms with van der Waals surface area (Å²) in [4.78, 5) is 33.2. The minimum absolute atomic E-state index is 0.111. The van der Waals surface area contributed by atoms with Crippen LogP contribution in [0.15, 0.2) is 40.8 Å². The first-order valence-electron chi connectivity index (χ1n) is 11.1. The number of hydrogen-bond donors (Lipinski definition) is 1. The van der Waals surface area contributed by atoms with Gasteiger partial charge in [0.2, 0.25) is 0 Å². The number of rotatable bonds is 10. The molecule has 0 radical (unpaired) electrons. The van der Waals surface area contributed by atoms with Crippen LogP contribution in [0.25, 0.3) is 0 Å². The van der Waals surface area contributed by atoms with Gasteiger partial charge in [-0.15, -0.1) is 0 Å². The quantitative estimate of drug-likeness (QED) is 0.150. The van der Waals surface area contributed by atoms with E-state index in [1.54, 1.807) is 33.6 Å². The molecular formula is C23H28F3N3O8S. The average Bonchev–Trinajstić information content (AvgIpc) is 2.79. The van der Waals surface area contributed by atoms with E-state index in [9.17, 15) is 41.3 Å². The van der Waals surface area contributed by atoms with E-state index in [0.29, 0.717) is 10.7 Å². The van der Waals surface area contributed by atoms with E-state index >= 15 is 0 Å². The fraction of sp³-hybridized carbons (Fsp3) is 0.478. The third-order valence-corrected chi connectivity index (χ3v) is 6.10. The highest BCUT2D eigenvalue weighted by atomic mass is 32.2. The van der Waals surface area contributed by atoms with Crippen LogP contribution in [-0.2, 0) is 24.3 Å². The zero-order valence-corrected chi connectivity index (χ0v) is 21.9. The van der Waals surface area contributed by atoms with Crippen molar-refractivity contribution < 1.29 is 45.6 Å². The molecule has 15 heteroatoms. The van der Waals surface area contributed by atoms with Gasteiger partial charge in [-0.2, -0.15) is 17.5 Å². The number of alkyl halides is 3. The van der Waals surface area contributed by atoms with Gasteiger partial charge < -0.3 is 14.8 Å². The smallest absolute Gasteiger partial charge is 0.424 e. The summed E-state index contributed by atoms with van der Waals surface area (Å²) in [5.41, 5.74) is -3.20. The number of nitro groups is 1. The lowest BCUT2D eigenvalue weighted by atomic mass is 10.2. The Bertz CT molecular complexity index is 1210. The van der Waals surface area contributed by atoms with Crippen molar-refractivity contribution in [2.45, 2.75) is 50.8 Å². The molecule has 0 aromatic heterocycles. The maximum Gasteiger partial charge on any atom is 0.424 e. The normalized spacial score (nSPS) is 12.4. The Kier molecular flexibility index (Phi) is 11.7. The van der Waals surface area contributed by atoms with E-state index in [-0.39, 0.29) is 19.2 Å². The zero-order chi connectivity index (χ0) is 29.1. The Labute approximate surface area is 218 Å². The zero-order valence-electron chi connectivity index (χ0n) is 21.1. The highest BCUT2D eigenvalue weighted by Gasteiger charge is 2.34. The van der Waals surface area contributed by atoms with Crippen LogP contribution in [0.1, 0.15) is 34.1 Å². The second-order valence-electron chi connectivity index (χ2n) is 8.52. The van der Waals surface area contributed by atoms with E-state index < -0.39 is 68.0 Å². The Morgan fingerprint density at radius 2 is 1.84 bits per heavy atom. The number of nitrogens with zero attached hydrogens (tertiary/aromatic N) is 2. The number of benzene rings is 1. The molecule has 11 nitrogen and oxygen atoms in total. The first-order chi connectivity index (χ1) is 17.5. The molecule has 1 rings (SSSR count). The first kappa shape index (κ1) is 32.4. The largest absolute Gasteiger partial charge is 0.463 e. The molecule has 0 aliphatic heterocycles. The predicted molar refractivity (Wildman–Crippen MR) is 129 cm³/mol. The van der Waals surface area contributed by atoms with Crippen molar-refractivity contribution in [2.24, 2.45) is 0 Å². The van der Waals surface area contributed by atoms with Crippen LogP contribution < -0.4 is 5.32 Å². The van der Waals surface area contributed by atoms with Crippen LogP contribution in [0.5, 0.6) is 0 Å². The van der Waals surface area contributed by atoms with Gasteiger partial charge in [0, 0.05) is 25.2 Å². The number of nitrogens with one attached hydrogen (secondary N) is 1. The van der Waals surface area contributed by atoms with Crippen LogP contribution in [0.2, 0.25) is 0 Å². The lowest BCUT2D eigenvalue weighted by Gasteiger charge is -2.22. The number of hydrogen-bond acceptors (Lipinski definition) is 8. The number of sulfonamides is 1. The number of carbonyl (C=O) groups is 2. The van der Waals surface area contributed by atoms with E-state index in [1.165, 1.54) is 12.1 Å². The number of alkyl carbamates (subject to hydrolysis) is 1. The van der Waals surface area contributed by atoms with Gasteiger partial charge in [0.15, 0.2) is 4.90 Å². The van der Waals surface area contributed by atoms with Gasteiger partial charge in [0.1, 0.15) is 11.2 Å². The molecule has 0 atom stereocenters. The minimum Gasteiger partial charge on any atom is -0.463 e. The van der Waals surface area contributed by atoms with E-state index in [4.69, 9.17) is 4.74 Å². The second kappa shape index (κ2) is 13.8. The third kappa shape index (κ3) is 10.8. The molecule has 0 saturated heterocycles. The molecule has 0 aliphatic rings. The summed E-state index contributed by atoms with van der Waals surface area (Å²) in [6, 6.07) is 4.38. The summed E-state index contributed by atoms with van der Waals surface area (Å²) in [6.07, 6.45) is -5.41. The van der Waals surface area contributed by atoms with Crippen LogP contribution in [0, 0.1) is 22.0 Å². The molecular weight excluding hydrogens is 535 g/mol. The molecule has 1 amide bonds. The SMILES string of the molecule is CCCOC(=O)C=C(C#CCN(CCNC(=O)OC(C)(C)C)S(=O)(=O)c1ccccc1[N+](=O)[O-])C(F)(F)F. The Balaban J connectivity index is 3.33. The number of nitro benzene ring substituents is 1. The van der Waals surface area contributed by atoms with E-state index in [0.717, 1.165) is 12.1 Å². The number of ether oxygens (including phenoxy) is 2. The molecule has 210 valence electrons. The number of halogens is 3. The van der Waals surface area contributed by atoms with Gasteiger partial charge in [-0.05, 0) is 33.3 Å². The molecule has 0 aliphatic carbocycles. The lowest BCUT2D eigenvalue weighted by Crippen LogP contribution is -2.40. The average molecular weight is 564 g/mol. The highest BCUT2D eigenvalue weighted by Crippen LogP contribution is 2.27. The number of para-hydroxylation sites is 1. The summed E-state index contributed by atoms with van der Waals surface area (Å²) in [6.45, 7) is 4.58. The van der Waals surface area contributed by atoms with E-state index in [2.05, 4.69) is 10.1 Å². The van der Waals surface area contributed by atoms with Gasteiger partial charge in [-0.1, -0.05) is 30.9 Å². The van der Waals surface area contributed by atoms with Gasteiger partial charge in [0.25, 0.3) is 15.7 Å². The number of allylic oxidation sites excluding steroid dienone is 1. The predicted octanol–water partition coefficient (Wildman–Crippen LogP) is 3.56. The van der Waals surface area contributed by atoms with Gasteiger partial charge >= 0.3 is 18.2 Å². The monoisotopic (exact) mass is 563 g/mol. The summed E-state index contributed by atoms with van der Waals surface area (Å²) >= 11 is 0. The first-order valence-corrected chi connectivity index (χ1v) is 12.6. The molecule has 0 saturated carbocycles.